The number of fused-ring (bicyclic) bond motifs is 1. The van der Waals surface area contributed by atoms with E-state index in [9.17, 15) is 4.79 Å². The van der Waals surface area contributed by atoms with E-state index in [0.29, 0.717) is 5.58 Å². The van der Waals surface area contributed by atoms with Gasteiger partial charge in [0.2, 0.25) is 0 Å². The Morgan fingerprint density at radius 3 is 2.50 bits per heavy atom. The van der Waals surface area contributed by atoms with Crippen molar-refractivity contribution >= 4 is 28.3 Å². The summed E-state index contributed by atoms with van der Waals surface area (Å²) in [5, 5.41) is 2.55. The summed E-state index contributed by atoms with van der Waals surface area (Å²) in [6, 6.07) is 17.0. The monoisotopic (exact) mass is 425 g/mol. The van der Waals surface area contributed by atoms with Crippen LogP contribution >= 0.6 is 11.6 Å². The SMILES string of the molecule is CCN(CC)C1=CC(Cl)NN(Nc2ccc(-c3ccc4ccc(=O)oc4c3)cc2)N1. The molecule has 1 aliphatic heterocycles. The van der Waals surface area contributed by atoms with Crippen molar-refractivity contribution in [3.8, 4) is 11.1 Å². The van der Waals surface area contributed by atoms with E-state index in [0.717, 1.165) is 41.1 Å². The van der Waals surface area contributed by atoms with Crippen LogP contribution in [0.15, 0.2) is 75.7 Å². The summed E-state index contributed by atoms with van der Waals surface area (Å²) in [7, 11) is 0. The standard InChI is InChI=1S/C22H24ClN5O2/c1-3-27(4-2)21-14-20(23)25-28(26-21)24-18-10-7-15(8-11-18)17-6-5-16-9-12-22(29)30-19(16)13-17/h5-14,20,24-26H,3-4H2,1-2H3. The van der Waals surface area contributed by atoms with Crippen molar-refractivity contribution in [2.45, 2.75) is 19.3 Å². The molecule has 0 radical (unpaired) electrons. The topological polar surface area (TPSA) is 72.8 Å². The first-order chi connectivity index (χ1) is 14.6. The summed E-state index contributed by atoms with van der Waals surface area (Å²) in [6.07, 6.45) is 1.94. The quantitative estimate of drug-likeness (QED) is 0.314. The molecule has 0 fully saturated rings. The lowest BCUT2D eigenvalue weighted by molar-refractivity contribution is 0.127. The van der Waals surface area contributed by atoms with E-state index in [2.05, 4.69) is 35.0 Å². The van der Waals surface area contributed by atoms with Gasteiger partial charge in [-0.05, 0) is 55.3 Å². The highest BCUT2D eigenvalue weighted by Gasteiger charge is 2.20. The van der Waals surface area contributed by atoms with Gasteiger partial charge in [-0.1, -0.05) is 41.1 Å². The lowest BCUT2D eigenvalue weighted by atomic mass is 10.0. The van der Waals surface area contributed by atoms with Crippen LogP contribution in [0.1, 0.15) is 13.8 Å². The average molecular weight is 426 g/mol. The minimum absolute atomic E-state index is 0.333. The van der Waals surface area contributed by atoms with Crippen LogP contribution in [-0.4, -0.2) is 28.7 Å². The number of hydrogen-bond acceptors (Lipinski definition) is 7. The number of anilines is 1. The van der Waals surface area contributed by atoms with Gasteiger partial charge >= 0.3 is 5.63 Å². The fourth-order valence-corrected chi connectivity index (χ4v) is 3.61. The van der Waals surface area contributed by atoms with Crippen LogP contribution in [0, 0.1) is 0 Å². The van der Waals surface area contributed by atoms with Gasteiger partial charge in [0.1, 0.15) is 16.9 Å². The van der Waals surface area contributed by atoms with E-state index in [4.69, 9.17) is 16.0 Å². The Morgan fingerprint density at radius 2 is 1.77 bits per heavy atom. The van der Waals surface area contributed by atoms with Crippen molar-refractivity contribution in [3.05, 3.63) is 76.9 Å². The zero-order chi connectivity index (χ0) is 21.1. The minimum atomic E-state index is -0.351. The summed E-state index contributed by atoms with van der Waals surface area (Å²) in [4.78, 5) is 13.7. The molecule has 8 heteroatoms. The molecule has 156 valence electrons. The lowest BCUT2D eigenvalue weighted by Crippen LogP contribution is -2.58. The average Bonchev–Trinajstić information content (AvgIpc) is 2.74. The molecule has 1 unspecified atom stereocenters. The largest absolute Gasteiger partial charge is 0.423 e. The zero-order valence-electron chi connectivity index (χ0n) is 16.9. The summed E-state index contributed by atoms with van der Waals surface area (Å²) in [5.74, 6) is 0.945. The van der Waals surface area contributed by atoms with E-state index in [1.54, 1.807) is 11.3 Å². The number of rotatable bonds is 6. The van der Waals surface area contributed by atoms with Gasteiger partial charge in [0.25, 0.3) is 0 Å². The van der Waals surface area contributed by atoms with Crippen LogP contribution < -0.4 is 21.9 Å². The molecule has 4 rings (SSSR count). The van der Waals surface area contributed by atoms with E-state index >= 15 is 0 Å². The Labute approximate surface area is 179 Å². The predicted molar refractivity (Wildman–Crippen MR) is 120 cm³/mol. The molecule has 7 nitrogen and oxygen atoms in total. The summed E-state index contributed by atoms with van der Waals surface area (Å²) >= 11 is 6.33. The van der Waals surface area contributed by atoms with Gasteiger partial charge in [0, 0.05) is 24.5 Å². The Hall–Kier alpha value is -3.00. The van der Waals surface area contributed by atoms with Crippen molar-refractivity contribution in [1.29, 1.82) is 0 Å². The molecule has 0 saturated heterocycles. The molecule has 30 heavy (non-hydrogen) atoms. The highest BCUT2D eigenvalue weighted by molar-refractivity contribution is 6.21. The van der Waals surface area contributed by atoms with E-state index in [-0.39, 0.29) is 11.1 Å². The fourth-order valence-electron chi connectivity index (χ4n) is 3.39. The van der Waals surface area contributed by atoms with Crippen LogP contribution in [0.3, 0.4) is 0 Å². The Morgan fingerprint density at radius 1 is 1.07 bits per heavy atom. The molecule has 0 amide bonds. The first-order valence-corrected chi connectivity index (χ1v) is 10.3. The third-order valence-corrected chi connectivity index (χ3v) is 5.19. The third-order valence-electron chi connectivity index (χ3n) is 4.97. The van der Waals surface area contributed by atoms with Crippen LogP contribution in [0.2, 0.25) is 0 Å². The molecule has 2 aromatic carbocycles. The summed E-state index contributed by atoms with van der Waals surface area (Å²) < 4.78 is 5.29. The zero-order valence-corrected chi connectivity index (χ0v) is 17.6. The molecule has 3 N–H and O–H groups in total. The highest BCUT2D eigenvalue weighted by Crippen LogP contribution is 2.25. The first-order valence-electron chi connectivity index (χ1n) is 9.90. The van der Waals surface area contributed by atoms with E-state index in [1.165, 1.54) is 6.07 Å². The van der Waals surface area contributed by atoms with E-state index in [1.807, 2.05) is 48.5 Å². The summed E-state index contributed by atoms with van der Waals surface area (Å²) in [5.41, 5.74) is 12.4. The molecule has 1 aliphatic rings. The molecule has 1 aromatic heterocycles. The molecule has 0 saturated carbocycles. The van der Waals surface area contributed by atoms with Gasteiger partial charge in [-0.2, -0.15) is 5.43 Å². The smallest absolute Gasteiger partial charge is 0.336 e. The minimum Gasteiger partial charge on any atom is -0.423 e. The number of nitrogens with zero attached hydrogens (tertiary/aromatic N) is 2. The first kappa shape index (κ1) is 20.3. The number of hydrazine groups is 3. The lowest BCUT2D eigenvalue weighted by Gasteiger charge is -2.36. The number of benzene rings is 2. The van der Waals surface area contributed by atoms with Crippen molar-refractivity contribution in [1.82, 2.24) is 21.0 Å². The number of hydrogen-bond donors (Lipinski definition) is 3. The molecular formula is C22H24ClN5O2. The molecule has 0 bridgehead atoms. The highest BCUT2D eigenvalue weighted by atomic mass is 35.5. The second-order valence-corrected chi connectivity index (χ2v) is 7.37. The van der Waals surface area contributed by atoms with Crippen LogP contribution in [0.5, 0.6) is 0 Å². The van der Waals surface area contributed by atoms with Gasteiger partial charge in [0.05, 0.1) is 5.69 Å². The second kappa shape index (κ2) is 8.79. The third kappa shape index (κ3) is 4.43. The Bertz CT molecular complexity index is 1110. The van der Waals surface area contributed by atoms with Crippen molar-refractivity contribution in [3.63, 3.8) is 0 Å². The molecular weight excluding hydrogens is 402 g/mol. The Kier molecular flexibility index (Phi) is 5.94. The maximum atomic E-state index is 11.5. The Balaban J connectivity index is 1.49. The van der Waals surface area contributed by atoms with Gasteiger partial charge in [0.15, 0.2) is 0 Å². The van der Waals surface area contributed by atoms with Crippen LogP contribution in [0.25, 0.3) is 22.1 Å². The number of alkyl halides is 1. The maximum Gasteiger partial charge on any atom is 0.336 e. The number of nitrogens with one attached hydrogen (secondary N) is 3. The predicted octanol–water partition coefficient (Wildman–Crippen LogP) is 3.86. The van der Waals surface area contributed by atoms with Gasteiger partial charge < -0.3 is 9.32 Å². The van der Waals surface area contributed by atoms with Crippen LogP contribution in [0.4, 0.5) is 5.69 Å². The van der Waals surface area contributed by atoms with Gasteiger partial charge in [-0.25, -0.2) is 4.79 Å². The second-order valence-electron chi connectivity index (χ2n) is 6.90. The van der Waals surface area contributed by atoms with Crippen molar-refractivity contribution in [2.24, 2.45) is 0 Å². The van der Waals surface area contributed by atoms with E-state index < -0.39 is 0 Å². The van der Waals surface area contributed by atoms with Crippen molar-refractivity contribution in [2.75, 3.05) is 18.5 Å². The molecule has 0 spiro atoms. The van der Waals surface area contributed by atoms with Crippen molar-refractivity contribution < 1.29 is 4.42 Å². The fraction of sp³-hybridized carbons (Fsp3) is 0.227. The molecule has 2 heterocycles. The summed E-state index contributed by atoms with van der Waals surface area (Å²) in [6.45, 7) is 5.97. The molecule has 1 atom stereocenters. The number of halogens is 1. The van der Waals surface area contributed by atoms with Gasteiger partial charge in [-0.3, -0.25) is 10.9 Å². The molecule has 0 aliphatic carbocycles. The maximum absolute atomic E-state index is 11.5. The molecule has 3 aromatic rings. The normalized spacial score (nSPS) is 16.8. The van der Waals surface area contributed by atoms with Crippen LogP contribution in [-0.2, 0) is 0 Å². The van der Waals surface area contributed by atoms with Gasteiger partial charge in [-0.15, -0.1) is 0 Å².